The highest BCUT2D eigenvalue weighted by molar-refractivity contribution is 9.10. The van der Waals surface area contributed by atoms with Gasteiger partial charge in [-0.3, -0.25) is 9.79 Å². The van der Waals surface area contributed by atoms with Crippen molar-refractivity contribution in [3.63, 3.8) is 0 Å². The monoisotopic (exact) mass is 280 g/mol. The van der Waals surface area contributed by atoms with E-state index in [0.29, 0.717) is 5.84 Å². The summed E-state index contributed by atoms with van der Waals surface area (Å²) in [7, 11) is 0. The van der Waals surface area contributed by atoms with Gasteiger partial charge in [-0.1, -0.05) is 15.9 Å². The zero-order valence-corrected chi connectivity index (χ0v) is 11.1. The van der Waals surface area contributed by atoms with Crippen LogP contribution in [-0.2, 0) is 4.79 Å². The first-order valence-corrected chi connectivity index (χ1v) is 5.94. The van der Waals surface area contributed by atoms with Gasteiger partial charge in [0.15, 0.2) is 0 Å². The van der Waals surface area contributed by atoms with Gasteiger partial charge in [0.1, 0.15) is 11.9 Å². The topological polar surface area (TPSA) is 41.5 Å². The highest BCUT2D eigenvalue weighted by Crippen LogP contribution is 2.23. The maximum Gasteiger partial charge on any atom is 0.250 e. The Morgan fingerprint density at radius 3 is 2.31 bits per heavy atom. The highest BCUT2D eigenvalue weighted by Gasteiger charge is 2.23. The molecule has 1 aromatic rings. The Hall–Kier alpha value is -1.16. The molecule has 1 heterocycles. The van der Waals surface area contributed by atoms with Gasteiger partial charge in [0.2, 0.25) is 5.91 Å². The summed E-state index contributed by atoms with van der Waals surface area (Å²) in [5.41, 5.74) is 3.26. The minimum absolute atomic E-state index is 0.0341. The number of benzene rings is 1. The van der Waals surface area contributed by atoms with Gasteiger partial charge < -0.3 is 5.32 Å². The Balaban J connectivity index is 2.43. The first-order valence-electron chi connectivity index (χ1n) is 5.15. The van der Waals surface area contributed by atoms with Gasteiger partial charge in [0.05, 0.1) is 0 Å². The minimum atomic E-state index is -0.278. The maximum atomic E-state index is 11.4. The second-order valence-corrected chi connectivity index (χ2v) is 4.86. The van der Waals surface area contributed by atoms with E-state index in [1.165, 1.54) is 0 Å². The number of carbonyl (C=O) groups is 1. The van der Waals surface area contributed by atoms with Crippen molar-refractivity contribution in [1.82, 2.24) is 5.32 Å². The van der Waals surface area contributed by atoms with Crippen LogP contribution in [0.15, 0.2) is 21.6 Å². The molecular weight excluding hydrogens is 268 g/mol. The van der Waals surface area contributed by atoms with E-state index in [-0.39, 0.29) is 11.9 Å². The first-order chi connectivity index (χ1) is 7.49. The second kappa shape index (κ2) is 4.01. The van der Waals surface area contributed by atoms with Crippen molar-refractivity contribution in [1.29, 1.82) is 0 Å². The summed E-state index contributed by atoms with van der Waals surface area (Å²) in [5, 5.41) is 2.79. The van der Waals surface area contributed by atoms with Gasteiger partial charge in [-0.2, -0.15) is 0 Å². The number of amides is 1. The predicted molar refractivity (Wildman–Crippen MR) is 67.8 cm³/mol. The van der Waals surface area contributed by atoms with E-state index in [1.807, 2.05) is 26.0 Å². The molecule has 0 radical (unpaired) electrons. The molecule has 3 nitrogen and oxygen atoms in total. The van der Waals surface area contributed by atoms with Gasteiger partial charge in [0, 0.05) is 10.0 Å². The molecule has 1 aliphatic rings. The number of aliphatic imine (C=N–C) groups is 1. The normalized spacial score (nSPS) is 19.6. The van der Waals surface area contributed by atoms with Gasteiger partial charge >= 0.3 is 0 Å². The average molecular weight is 281 g/mol. The van der Waals surface area contributed by atoms with Crippen molar-refractivity contribution in [2.24, 2.45) is 4.99 Å². The molecule has 84 valence electrons. The van der Waals surface area contributed by atoms with E-state index in [1.54, 1.807) is 6.92 Å². The number of hydrogen-bond donors (Lipinski definition) is 1. The van der Waals surface area contributed by atoms with Gasteiger partial charge in [-0.25, -0.2) is 0 Å². The van der Waals surface area contributed by atoms with Crippen LogP contribution in [0, 0.1) is 13.8 Å². The van der Waals surface area contributed by atoms with Gasteiger partial charge in [0.25, 0.3) is 0 Å². The number of carbonyl (C=O) groups excluding carboxylic acids is 1. The average Bonchev–Trinajstić information content (AvgIpc) is 2.55. The molecular formula is C12H13BrN2O. The van der Waals surface area contributed by atoms with Crippen LogP contribution in [-0.4, -0.2) is 17.8 Å². The molecule has 1 aromatic carbocycles. The number of aryl methyl sites for hydroxylation is 2. The van der Waals surface area contributed by atoms with Crippen molar-refractivity contribution in [3.05, 3.63) is 33.3 Å². The molecule has 1 aliphatic heterocycles. The van der Waals surface area contributed by atoms with Crippen molar-refractivity contribution in [2.75, 3.05) is 0 Å². The number of nitrogens with one attached hydrogen (secondary N) is 1. The van der Waals surface area contributed by atoms with Crippen LogP contribution < -0.4 is 5.32 Å². The van der Waals surface area contributed by atoms with E-state index < -0.39 is 0 Å². The van der Waals surface area contributed by atoms with E-state index in [2.05, 4.69) is 26.2 Å². The predicted octanol–water partition coefficient (Wildman–Crippen LogP) is 2.33. The van der Waals surface area contributed by atoms with E-state index in [4.69, 9.17) is 0 Å². The molecule has 1 N–H and O–H groups in total. The smallest absolute Gasteiger partial charge is 0.250 e. The lowest BCUT2D eigenvalue weighted by Gasteiger charge is -2.07. The zero-order valence-electron chi connectivity index (χ0n) is 9.47. The summed E-state index contributed by atoms with van der Waals surface area (Å²) in [5.74, 6) is 0.643. The van der Waals surface area contributed by atoms with Crippen LogP contribution in [0.25, 0.3) is 0 Å². The van der Waals surface area contributed by atoms with Crippen molar-refractivity contribution >= 4 is 27.7 Å². The Kier molecular flexibility index (Phi) is 2.84. The van der Waals surface area contributed by atoms with Crippen molar-refractivity contribution < 1.29 is 4.79 Å². The van der Waals surface area contributed by atoms with Gasteiger partial charge in [-0.15, -0.1) is 0 Å². The first kappa shape index (κ1) is 11.3. The molecule has 0 fully saturated rings. The molecule has 0 spiro atoms. The summed E-state index contributed by atoms with van der Waals surface area (Å²) in [4.78, 5) is 15.7. The summed E-state index contributed by atoms with van der Waals surface area (Å²) in [6, 6.07) is 3.77. The third-order valence-electron chi connectivity index (χ3n) is 2.65. The fraction of sp³-hybridized carbons (Fsp3) is 0.333. The third-order valence-corrected chi connectivity index (χ3v) is 3.90. The summed E-state index contributed by atoms with van der Waals surface area (Å²) in [6.45, 7) is 5.85. The molecule has 0 bridgehead atoms. The molecule has 4 heteroatoms. The molecule has 16 heavy (non-hydrogen) atoms. The lowest BCUT2D eigenvalue weighted by molar-refractivity contribution is -0.119. The maximum absolute atomic E-state index is 11.4. The second-order valence-electron chi connectivity index (χ2n) is 4.07. The van der Waals surface area contributed by atoms with Crippen LogP contribution >= 0.6 is 15.9 Å². The largest absolute Gasteiger partial charge is 0.309 e. The third kappa shape index (κ3) is 1.89. The molecule has 1 amide bonds. The quantitative estimate of drug-likeness (QED) is 0.843. The van der Waals surface area contributed by atoms with Crippen LogP contribution in [0.4, 0.5) is 0 Å². The van der Waals surface area contributed by atoms with Crippen LogP contribution in [0.2, 0.25) is 0 Å². The van der Waals surface area contributed by atoms with Crippen molar-refractivity contribution in [2.45, 2.75) is 26.8 Å². The molecule has 0 aromatic heterocycles. The van der Waals surface area contributed by atoms with Crippen LogP contribution in [0.5, 0.6) is 0 Å². The number of rotatable bonds is 1. The molecule has 0 saturated carbocycles. The number of halogens is 1. The Bertz CT molecular complexity index is 471. The summed E-state index contributed by atoms with van der Waals surface area (Å²) in [6.07, 6.45) is 0. The highest BCUT2D eigenvalue weighted by atomic mass is 79.9. The number of hydrogen-bond acceptors (Lipinski definition) is 2. The number of amidine groups is 1. The van der Waals surface area contributed by atoms with Crippen LogP contribution in [0.3, 0.4) is 0 Å². The molecule has 0 aliphatic carbocycles. The molecule has 0 saturated heterocycles. The minimum Gasteiger partial charge on any atom is -0.309 e. The molecule has 2 rings (SSSR count). The van der Waals surface area contributed by atoms with Crippen molar-refractivity contribution in [3.8, 4) is 0 Å². The zero-order chi connectivity index (χ0) is 11.9. The summed E-state index contributed by atoms with van der Waals surface area (Å²) >= 11 is 3.52. The van der Waals surface area contributed by atoms with E-state index in [9.17, 15) is 4.79 Å². The summed E-state index contributed by atoms with van der Waals surface area (Å²) < 4.78 is 1.11. The van der Waals surface area contributed by atoms with Gasteiger partial charge in [-0.05, 0) is 44.0 Å². The molecule has 1 unspecified atom stereocenters. The lowest BCUT2D eigenvalue weighted by atomic mass is 10.1. The standard InChI is InChI=1S/C12H13BrN2O/c1-6-4-9(5-7(2)10(6)13)11-14-8(3)12(16)15-11/h4-5,8H,1-3H3,(H,14,15,16). The Labute approximate surface area is 103 Å². The fourth-order valence-electron chi connectivity index (χ4n) is 1.74. The SMILES string of the molecule is Cc1cc(C2=NC(C)C(=O)N2)cc(C)c1Br. The van der Waals surface area contributed by atoms with Crippen LogP contribution in [0.1, 0.15) is 23.6 Å². The number of nitrogens with zero attached hydrogens (tertiary/aromatic N) is 1. The fourth-order valence-corrected chi connectivity index (χ4v) is 1.96. The van der Waals surface area contributed by atoms with E-state index >= 15 is 0 Å². The Morgan fingerprint density at radius 2 is 1.88 bits per heavy atom. The molecule has 1 atom stereocenters. The lowest BCUT2D eigenvalue weighted by Crippen LogP contribution is -2.28. The Morgan fingerprint density at radius 1 is 1.31 bits per heavy atom. The van der Waals surface area contributed by atoms with E-state index in [0.717, 1.165) is 21.2 Å².